The van der Waals surface area contributed by atoms with E-state index < -0.39 is 0 Å². The van der Waals surface area contributed by atoms with Crippen LogP contribution in [0.2, 0.25) is 0 Å². The number of carbonyl (C=O) groups excluding carboxylic acids is 1. The van der Waals surface area contributed by atoms with E-state index in [4.69, 9.17) is 32.5 Å². The molecule has 9 nitrogen and oxygen atoms in total. The van der Waals surface area contributed by atoms with Gasteiger partial charge in [-0.3, -0.25) is 9.69 Å². The average Bonchev–Trinajstić information content (AvgIpc) is 3.43. The van der Waals surface area contributed by atoms with E-state index in [-0.39, 0.29) is 18.4 Å². The van der Waals surface area contributed by atoms with E-state index in [1.54, 1.807) is 0 Å². The number of carbonyl (C=O) groups is 1. The molecule has 1 unspecified atom stereocenters. The van der Waals surface area contributed by atoms with Gasteiger partial charge in [-0.25, -0.2) is 4.68 Å². The lowest BCUT2D eigenvalue weighted by Gasteiger charge is -2.29. The summed E-state index contributed by atoms with van der Waals surface area (Å²) in [5.41, 5.74) is 7.84. The first-order valence-corrected chi connectivity index (χ1v) is 12.1. The van der Waals surface area contributed by atoms with Crippen molar-refractivity contribution in [3.8, 4) is 0 Å². The van der Waals surface area contributed by atoms with Gasteiger partial charge in [-0.1, -0.05) is 12.1 Å². The Kier molecular flexibility index (Phi) is 8.13. The molecule has 2 saturated heterocycles. The zero-order chi connectivity index (χ0) is 23.2. The standard InChI is InChI=1S/C23H34N6O3S/c1-26(15-18-4-6-19(7-5-18)27-10-13-31-14-11-27)17-29-23(33)28(16-20-3-2-12-32-20)22(25-29)9-8-21(24)30/h4-7,20H,2-3,8-17H2,1H3,(H2,24,30). The predicted octanol–water partition coefficient (Wildman–Crippen LogP) is 1.94. The van der Waals surface area contributed by atoms with Crippen LogP contribution in [0.15, 0.2) is 24.3 Å². The third kappa shape index (κ3) is 6.41. The summed E-state index contributed by atoms with van der Waals surface area (Å²) < 4.78 is 15.7. The summed E-state index contributed by atoms with van der Waals surface area (Å²) >= 11 is 5.75. The Hall–Kier alpha value is -2.27. The van der Waals surface area contributed by atoms with E-state index in [1.807, 2.05) is 9.25 Å². The summed E-state index contributed by atoms with van der Waals surface area (Å²) in [5, 5.41) is 4.73. The molecule has 0 bridgehead atoms. The number of rotatable bonds is 10. The molecule has 2 fully saturated rings. The van der Waals surface area contributed by atoms with Crippen molar-refractivity contribution in [1.82, 2.24) is 19.2 Å². The van der Waals surface area contributed by atoms with Crippen molar-refractivity contribution in [1.29, 1.82) is 0 Å². The third-order valence-electron chi connectivity index (χ3n) is 6.15. The number of amides is 1. The Bertz CT molecular complexity index is 977. The highest BCUT2D eigenvalue weighted by atomic mass is 32.1. The van der Waals surface area contributed by atoms with Gasteiger partial charge in [-0.2, -0.15) is 5.10 Å². The van der Waals surface area contributed by atoms with E-state index in [1.165, 1.54) is 11.3 Å². The number of primary amides is 1. The van der Waals surface area contributed by atoms with Crippen LogP contribution in [-0.4, -0.2) is 71.2 Å². The van der Waals surface area contributed by atoms with E-state index >= 15 is 0 Å². The van der Waals surface area contributed by atoms with Crippen LogP contribution in [0, 0.1) is 4.77 Å². The van der Waals surface area contributed by atoms with E-state index in [2.05, 4.69) is 41.1 Å². The Labute approximate surface area is 200 Å². The summed E-state index contributed by atoms with van der Waals surface area (Å²) in [6.07, 6.45) is 2.95. The second-order valence-electron chi connectivity index (χ2n) is 8.83. The molecule has 0 radical (unpaired) electrons. The number of morpholine rings is 1. The van der Waals surface area contributed by atoms with Crippen LogP contribution in [0.3, 0.4) is 0 Å². The Morgan fingerprint density at radius 3 is 2.67 bits per heavy atom. The molecule has 33 heavy (non-hydrogen) atoms. The maximum atomic E-state index is 11.3. The van der Waals surface area contributed by atoms with Crippen LogP contribution in [0.1, 0.15) is 30.7 Å². The number of nitrogens with two attached hydrogens (primary N) is 1. The monoisotopic (exact) mass is 474 g/mol. The maximum absolute atomic E-state index is 11.3. The van der Waals surface area contributed by atoms with Crippen LogP contribution < -0.4 is 10.6 Å². The lowest BCUT2D eigenvalue weighted by Crippen LogP contribution is -2.36. The number of ether oxygens (including phenoxy) is 2. The summed E-state index contributed by atoms with van der Waals surface area (Å²) in [7, 11) is 2.06. The van der Waals surface area contributed by atoms with Crippen molar-refractivity contribution >= 4 is 23.8 Å². The highest BCUT2D eigenvalue weighted by Gasteiger charge is 2.20. The van der Waals surface area contributed by atoms with Gasteiger partial charge in [0.25, 0.3) is 0 Å². The molecule has 2 N–H and O–H groups in total. The van der Waals surface area contributed by atoms with Crippen molar-refractivity contribution in [2.24, 2.45) is 5.73 Å². The minimum Gasteiger partial charge on any atom is -0.378 e. The quantitative estimate of drug-likeness (QED) is 0.526. The fraction of sp³-hybridized carbons (Fsp3) is 0.609. The molecule has 0 aliphatic carbocycles. The van der Waals surface area contributed by atoms with Gasteiger partial charge in [-0.05, 0) is 49.8 Å². The largest absolute Gasteiger partial charge is 0.378 e. The Balaban J connectivity index is 1.41. The number of hydrogen-bond acceptors (Lipinski definition) is 7. The highest BCUT2D eigenvalue weighted by Crippen LogP contribution is 2.19. The lowest BCUT2D eigenvalue weighted by atomic mass is 10.2. The highest BCUT2D eigenvalue weighted by molar-refractivity contribution is 7.71. The number of anilines is 1. The summed E-state index contributed by atoms with van der Waals surface area (Å²) in [4.78, 5) is 15.9. The van der Waals surface area contributed by atoms with Crippen molar-refractivity contribution in [3.63, 3.8) is 0 Å². The van der Waals surface area contributed by atoms with Crippen LogP contribution in [0.5, 0.6) is 0 Å². The summed E-state index contributed by atoms with van der Waals surface area (Å²) in [6, 6.07) is 8.71. The predicted molar refractivity (Wildman–Crippen MR) is 128 cm³/mol. The molecule has 180 valence electrons. The number of nitrogens with zero attached hydrogens (tertiary/aromatic N) is 5. The van der Waals surface area contributed by atoms with Crippen molar-refractivity contribution < 1.29 is 14.3 Å². The number of aromatic nitrogens is 3. The second-order valence-corrected chi connectivity index (χ2v) is 9.20. The molecule has 0 spiro atoms. The lowest BCUT2D eigenvalue weighted by molar-refractivity contribution is -0.118. The Morgan fingerprint density at radius 1 is 1.24 bits per heavy atom. The van der Waals surface area contributed by atoms with Crippen LogP contribution in [0.25, 0.3) is 0 Å². The first kappa shape index (κ1) is 23.9. The summed E-state index contributed by atoms with van der Waals surface area (Å²) in [6.45, 7) is 6.23. The minimum absolute atomic E-state index is 0.143. The molecular weight excluding hydrogens is 440 g/mol. The molecule has 0 saturated carbocycles. The number of benzene rings is 1. The smallest absolute Gasteiger partial charge is 0.217 e. The van der Waals surface area contributed by atoms with Crippen molar-refractivity contribution in [3.05, 3.63) is 40.4 Å². The fourth-order valence-electron chi connectivity index (χ4n) is 4.40. The fourth-order valence-corrected chi connectivity index (χ4v) is 4.68. The van der Waals surface area contributed by atoms with E-state index in [9.17, 15) is 4.79 Å². The Morgan fingerprint density at radius 2 is 2.00 bits per heavy atom. The zero-order valence-corrected chi connectivity index (χ0v) is 20.1. The first-order valence-electron chi connectivity index (χ1n) is 11.7. The van der Waals surface area contributed by atoms with Gasteiger partial charge in [0.15, 0.2) is 4.77 Å². The van der Waals surface area contributed by atoms with Crippen molar-refractivity contribution in [2.75, 3.05) is 44.9 Å². The molecule has 2 aliphatic rings. The molecule has 4 rings (SSSR count). The molecule has 1 aromatic carbocycles. The van der Waals surface area contributed by atoms with E-state index in [0.29, 0.717) is 24.4 Å². The number of aryl methyl sites for hydroxylation is 1. The van der Waals surface area contributed by atoms with Gasteiger partial charge in [-0.15, -0.1) is 0 Å². The SMILES string of the molecule is CN(Cc1ccc(N2CCOCC2)cc1)Cn1nc(CCC(N)=O)n(CC2CCCO2)c1=S. The van der Waals surface area contributed by atoms with Gasteiger partial charge >= 0.3 is 0 Å². The third-order valence-corrected chi connectivity index (χ3v) is 6.58. The molecular formula is C23H34N6O3S. The molecule has 1 atom stereocenters. The molecule has 10 heteroatoms. The average molecular weight is 475 g/mol. The first-order chi connectivity index (χ1) is 16.0. The van der Waals surface area contributed by atoms with Crippen LogP contribution >= 0.6 is 12.2 Å². The van der Waals surface area contributed by atoms with Gasteiger partial charge in [0.1, 0.15) is 5.82 Å². The zero-order valence-electron chi connectivity index (χ0n) is 19.3. The van der Waals surface area contributed by atoms with Gasteiger partial charge in [0.05, 0.1) is 32.5 Å². The molecule has 2 aromatic rings. The maximum Gasteiger partial charge on any atom is 0.217 e. The molecule has 3 heterocycles. The number of hydrogen-bond donors (Lipinski definition) is 1. The summed E-state index contributed by atoms with van der Waals surface area (Å²) in [5.74, 6) is 0.453. The molecule has 1 amide bonds. The van der Waals surface area contributed by atoms with Crippen molar-refractivity contribution in [2.45, 2.75) is 51.5 Å². The molecule has 2 aliphatic heterocycles. The van der Waals surface area contributed by atoms with E-state index in [0.717, 1.165) is 58.1 Å². The second kappa shape index (κ2) is 11.2. The van der Waals surface area contributed by atoms with Gasteiger partial charge in [0, 0.05) is 44.8 Å². The van der Waals surface area contributed by atoms with Gasteiger partial charge < -0.3 is 24.7 Å². The minimum atomic E-state index is -0.336. The molecule has 1 aromatic heterocycles. The van der Waals surface area contributed by atoms with Crippen LogP contribution in [0.4, 0.5) is 5.69 Å². The normalized spacial score (nSPS) is 18.8. The van der Waals surface area contributed by atoms with Crippen LogP contribution in [-0.2, 0) is 40.4 Å². The van der Waals surface area contributed by atoms with Gasteiger partial charge in [0.2, 0.25) is 5.91 Å². The topological polar surface area (TPSA) is 90.8 Å².